The summed E-state index contributed by atoms with van der Waals surface area (Å²) in [6, 6.07) is 5.87. The lowest BCUT2D eigenvalue weighted by Gasteiger charge is -2.17. The number of hydrogen-bond donors (Lipinski definition) is 1. The van der Waals surface area contributed by atoms with E-state index in [4.69, 9.17) is 4.74 Å². The molecule has 0 bridgehead atoms. The van der Waals surface area contributed by atoms with E-state index in [1.54, 1.807) is 0 Å². The number of benzene rings is 1. The molecule has 0 aliphatic heterocycles. The van der Waals surface area contributed by atoms with Crippen molar-refractivity contribution in [2.45, 2.75) is 20.3 Å². The molecule has 1 aromatic rings. The average molecular weight is 250 g/mol. The van der Waals surface area contributed by atoms with Gasteiger partial charge < -0.3 is 15.0 Å². The fourth-order valence-corrected chi connectivity index (χ4v) is 1.68. The topological polar surface area (TPSA) is 41.6 Å². The average Bonchev–Trinajstić information content (AvgIpc) is 2.31. The van der Waals surface area contributed by atoms with Gasteiger partial charge in [-0.25, -0.2) is 0 Å². The monoisotopic (exact) mass is 250 g/mol. The van der Waals surface area contributed by atoms with Gasteiger partial charge in [0.15, 0.2) is 0 Å². The number of nitrogens with one attached hydrogen (secondary N) is 1. The Morgan fingerprint density at radius 2 is 2.11 bits per heavy atom. The lowest BCUT2D eigenvalue weighted by atomic mass is 10.1. The number of nitrogens with zero attached hydrogens (tertiary/aromatic N) is 1. The van der Waals surface area contributed by atoms with Crippen LogP contribution in [0.4, 0.5) is 11.4 Å². The highest BCUT2D eigenvalue weighted by atomic mass is 16.5. The molecule has 1 rings (SSSR count). The van der Waals surface area contributed by atoms with Crippen molar-refractivity contribution in [1.29, 1.82) is 0 Å². The van der Waals surface area contributed by atoms with Gasteiger partial charge in [-0.2, -0.15) is 0 Å². The van der Waals surface area contributed by atoms with Crippen molar-refractivity contribution in [3.05, 3.63) is 23.8 Å². The normalized spacial score (nSPS) is 10.2. The highest BCUT2D eigenvalue weighted by molar-refractivity contribution is 5.92. The molecule has 0 aliphatic carbocycles. The summed E-state index contributed by atoms with van der Waals surface area (Å²) in [6.07, 6.45) is 0.919. The molecule has 0 saturated carbocycles. The summed E-state index contributed by atoms with van der Waals surface area (Å²) in [6.45, 7) is 4.79. The Morgan fingerprint density at radius 1 is 1.39 bits per heavy atom. The van der Waals surface area contributed by atoms with Gasteiger partial charge in [0.05, 0.1) is 0 Å². The van der Waals surface area contributed by atoms with Crippen LogP contribution in [-0.2, 0) is 9.53 Å². The minimum absolute atomic E-state index is 0.110. The van der Waals surface area contributed by atoms with E-state index in [0.717, 1.165) is 17.8 Å². The summed E-state index contributed by atoms with van der Waals surface area (Å²) in [5.74, 6) is -0.114. The van der Waals surface area contributed by atoms with Gasteiger partial charge in [-0.15, -0.1) is 0 Å². The third kappa shape index (κ3) is 4.37. The molecule has 0 aliphatic rings. The lowest BCUT2D eigenvalue weighted by molar-refractivity contribution is -0.120. The van der Waals surface area contributed by atoms with Gasteiger partial charge in [0.1, 0.15) is 6.61 Å². The predicted molar refractivity (Wildman–Crippen MR) is 75.2 cm³/mol. The van der Waals surface area contributed by atoms with E-state index in [-0.39, 0.29) is 12.5 Å². The van der Waals surface area contributed by atoms with Crippen molar-refractivity contribution in [2.75, 3.05) is 37.5 Å². The highest BCUT2D eigenvalue weighted by Crippen LogP contribution is 2.22. The molecule has 0 saturated heterocycles. The minimum atomic E-state index is -0.114. The first-order valence-electron chi connectivity index (χ1n) is 6.20. The van der Waals surface area contributed by atoms with Gasteiger partial charge in [0.25, 0.3) is 0 Å². The van der Waals surface area contributed by atoms with Crippen LogP contribution in [0, 0.1) is 6.92 Å². The smallest absolute Gasteiger partial charge is 0.250 e. The Morgan fingerprint density at radius 3 is 2.72 bits per heavy atom. The first-order valence-corrected chi connectivity index (χ1v) is 6.20. The second-order valence-corrected chi connectivity index (χ2v) is 4.50. The zero-order valence-electron chi connectivity index (χ0n) is 11.6. The molecule has 4 heteroatoms. The Hall–Kier alpha value is -1.55. The van der Waals surface area contributed by atoms with Crippen molar-refractivity contribution >= 4 is 17.3 Å². The number of amides is 1. The predicted octanol–water partition coefficient (Wildman–Crippen LogP) is 2.43. The fraction of sp³-hybridized carbons (Fsp3) is 0.500. The molecule has 1 amide bonds. The van der Waals surface area contributed by atoms with Crippen LogP contribution in [0.1, 0.15) is 18.9 Å². The van der Waals surface area contributed by atoms with Gasteiger partial charge in [-0.3, -0.25) is 4.79 Å². The summed E-state index contributed by atoms with van der Waals surface area (Å²) in [5, 5.41) is 2.83. The quantitative estimate of drug-likeness (QED) is 0.788. The van der Waals surface area contributed by atoms with Crippen molar-refractivity contribution in [1.82, 2.24) is 0 Å². The number of hydrogen-bond acceptors (Lipinski definition) is 3. The molecular weight excluding hydrogens is 228 g/mol. The maximum Gasteiger partial charge on any atom is 0.250 e. The zero-order valence-corrected chi connectivity index (χ0v) is 11.6. The summed E-state index contributed by atoms with van der Waals surface area (Å²) in [4.78, 5) is 13.6. The molecule has 0 aromatic heterocycles. The van der Waals surface area contributed by atoms with Crippen molar-refractivity contribution in [2.24, 2.45) is 0 Å². The maximum atomic E-state index is 11.6. The molecule has 1 N–H and O–H groups in total. The molecule has 4 nitrogen and oxygen atoms in total. The van der Waals surface area contributed by atoms with E-state index in [1.807, 2.05) is 51.0 Å². The molecule has 0 unspecified atom stereocenters. The van der Waals surface area contributed by atoms with E-state index in [9.17, 15) is 4.79 Å². The van der Waals surface area contributed by atoms with Gasteiger partial charge in [0, 0.05) is 32.1 Å². The summed E-state index contributed by atoms with van der Waals surface area (Å²) in [5.41, 5.74) is 3.08. The Labute approximate surface area is 109 Å². The first kappa shape index (κ1) is 14.5. The van der Waals surface area contributed by atoms with Crippen LogP contribution in [0.15, 0.2) is 18.2 Å². The molecule has 0 atom stereocenters. The van der Waals surface area contributed by atoms with Crippen LogP contribution in [0.3, 0.4) is 0 Å². The minimum Gasteiger partial charge on any atom is -0.377 e. The van der Waals surface area contributed by atoms with Crippen molar-refractivity contribution in [3.63, 3.8) is 0 Å². The van der Waals surface area contributed by atoms with E-state index >= 15 is 0 Å². The van der Waals surface area contributed by atoms with Gasteiger partial charge in [-0.1, -0.05) is 13.0 Å². The largest absolute Gasteiger partial charge is 0.377 e. The number of anilines is 2. The zero-order chi connectivity index (χ0) is 13.5. The number of rotatable bonds is 6. The number of ether oxygens (including phenoxy) is 1. The third-order valence-electron chi connectivity index (χ3n) is 2.56. The van der Waals surface area contributed by atoms with Crippen LogP contribution in [-0.4, -0.2) is 33.2 Å². The first-order chi connectivity index (χ1) is 8.54. The number of carbonyl (C=O) groups excluding carboxylic acids is 1. The second-order valence-electron chi connectivity index (χ2n) is 4.50. The van der Waals surface area contributed by atoms with Crippen molar-refractivity contribution < 1.29 is 9.53 Å². The molecule has 0 radical (unpaired) electrons. The summed E-state index contributed by atoms with van der Waals surface area (Å²) in [7, 11) is 3.97. The van der Waals surface area contributed by atoms with E-state index in [1.165, 1.54) is 5.56 Å². The number of aryl methyl sites for hydroxylation is 1. The van der Waals surface area contributed by atoms with Gasteiger partial charge in [-0.05, 0) is 31.0 Å². The SMILES string of the molecule is CCCOCC(=O)Nc1ccc(C)c(N(C)C)c1. The van der Waals surface area contributed by atoms with Crippen LogP contribution in [0.5, 0.6) is 0 Å². The Kier molecular flexibility index (Phi) is 5.65. The molecular formula is C14H22N2O2. The fourth-order valence-electron chi connectivity index (χ4n) is 1.68. The molecule has 1 aromatic carbocycles. The Balaban J connectivity index is 2.62. The van der Waals surface area contributed by atoms with Crippen LogP contribution < -0.4 is 10.2 Å². The highest BCUT2D eigenvalue weighted by Gasteiger charge is 2.05. The van der Waals surface area contributed by atoms with Crippen LogP contribution in [0.2, 0.25) is 0 Å². The van der Waals surface area contributed by atoms with E-state index in [2.05, 4.69) is 5.32 Å². The van der Waals surface area contributed by atoms with Gasteiger partial charge >= 0.3 is 0 Å². The molecule has 0 heterocycles. The van der Waals surface area contributed by atoms with Crippen LogP contribution >= 0.6 is 0 Å². The number of carbonyl (C=O) groups is 1. The van der Waals surface area contributed by atoms with E-state index < -0.39 is 0 Å². The molecule has 0 fully saturated rings. The third-order valence-corrected chi connectivity index (χ3v) is 2.56. The molecule has 18 heavy (non-hydrogen) atoms. The lowest BCUT2D eigenvalue weighted by Crippen LogP contribution is -2.19. The standard InChI is InChI=1S/C14H22N2O2/c1-5-8-18-10-14(17)15-12-7-6-11(2)13(9-12)16(3)4/h6-7,9H,5,8,10H2,1-4H3,(H,15,17). The Bertz CT molecular complexity index is 403. The van der Waals surface area contributed by atoms with Gasteiger partial charge in [0.2, 0.25) is 5.91 Å². The van der Waals surface area contributed by atoms with Crippen LogP contribution in [0.25, 0.3) is 0 Å². The van der Waals surface area contributed by atoms with Crippen molar-refractivity contribution in [3.8, 4) is 0 Å². The summed E-state index contributed by atoms with van der Waals surface area (Å²) >= 11 is 0. The summed E-state index contributed by atoms with van der Waals surface area (Å²) < 4.78 is 5.20. The molecule has 100 valence electrons. The second kappa shape index (κ2) is 7.01. The molecule has 0 spiro atoms. The maximum absolute atomic E-state index is 11.6. The van der Waals surface area contributed by atoms with E-state index in [0.29, 0.717) is 6.61 Å².